The SMILES string of the molecule is CCOc1cc2c(nc1C(=O)NC)C(=N)N(CC(=O)c1cc(OCCCC(=O)O)cc(N3CCCC3)c1)C2. The van der Waals surface area contributed by atoms with E-state index in [9.17, 15) is 14.4 Å². The van der Waals surface area contributed by atoms with E-state index in [0.29, 0.717) is 47.9 Å². The van der Waals surface area contributed by atoms with Gasteiger partial charge in [-0.25, -0.2) is 4.98 Å². The zero-order chi connectivity index (χ0) is 27.2. The molecule has 2 aliphatic heterocycles. The van der Waals surface area contributed by atoms with Gasteiger partial charge >= 0.3 is 5.97 Å². The van der Waals surface area contributed by atoms with Crippen molar-refractivity contribution >= 4 is 29.2 Å². The lowest BCUT2D eigenvalue weighted by molar-refractivity contribution is -0.137. The van der Waals surface area contributed by atoms with Crippen molar-refractivity contribution in [1.29, 1.82) is 5.41 Å². The van der Waals surface area contributed by atoms with Crippen molar-refractivity contribution < 1.29 is 29.0 Å². The molecule has 11 nitrogen and oxygen atoms in total. The molecule has 3 heterocycles. The Balaban J connectivity index is 1.53. The van der Waals surface area contributed by atoms with Crippen molar-refractivity contribution in [1.82, 2.24) is 15.2 Å². The molecule has 0 unspecified atom stereocenters. The average Bonchev–Trinajstić information content (AvgIpc) is 3.54. The van der Waals surface area contributed by atoms with Crippen molar-refractivity contribution in [3.05, 3.63) is 46.8 Å². The number of carboxylic acid groups (broad SMARTS) is 1. The second-order valence-electron chi connectivity index (χ2n) is 9.24. The van der Waals surface area contributed by atoms with Gasteiger partial charge in [0.05, 0.1) is 19.8 Å². The van der Waals surface area contributed by atoms with Crippen molar-refractivity contribution in [2.75, 3.05) is 44.8 Å². The number of amides is 1. The van der Waals surface area contributed by atoms with Gasteiger partial charge in [-0.2, -0.15) is 0 Å². The number of nitrogens with zero attached hydrogens (tertiary/aromatic N) is 3. The lowest BCUT2D eigenvalue weighted by Gasteiger charge is -2.21. The molecule has 2 aliphatic rings. The summed E-state index contributed by atoms with van der Waals surface area (Å²) >= 11 is 0. The molecular formula is C27H33N5O6. The van der Waals surface area contributed by atoms with E-state index in [-0.39, 0.29) is 36.9 Å². The van der Waals surface area contributed by atoms with E-state index in [1.807, 2.05) is 19.1 Å². The molecule has 1 aromatic heterocycles. The van der Waals surface area contributed by atoms with Crippen molar-refractivity contribution in [3.63, 3.8) is 0 Å². The topological polar surface area (TPSA) is 145 Å². The Morgan fingerprint density at radius 1 is 1.13 bits per heavy atom. The Bertz CT molecular complexity index is 1240. The molecule has 3 N–H and O–H groups in total. The molecule has 1 saturated heterocycles. The predicted molar refractivity (Wildman–Crippen MR) is 141 cm³/mol. The quantitative estimate of drug-likeness (QED) is 0.282. The number of carbonyl (C=O) groups is 3. The summed E-state index contributed by atoms with van der Waals surface area (Å²) in [6.07, 6.45) is 2.52. The molecule has 0 radical (unpaired) electrons. The number of hydrogen-bond acceptors (Lipinski definition) is 8. The lowest BCUT2D eigenvalue weighted by atomic mass is 10.1. The number of aromatic nitrogens is 1. The maximum Gasteiger partial charge on any atom is 0.303 e. The fourth-order valence-corrected chi connectivity index (χ4v) is 4.64. The zero-order valence-corrected chi connectivity index (χ0v) is 21.7. The number of hydrogen-bond donors (Lipinski definition) is 3. The number of ether oxygens (including phenoxy) is 2. The summed E-state index contributed by atoms with van der Waals surface area (Å²) in [6, 6.07) is 7.12. The number of nitrogens with one attached hydrogen (secondary N) is 2. The Labute approximate surface area is 221 Å². The van der Waals surface area contributed by atoms with Crippen molar-refractivity contribution in [2.45, 2.75) is 39.2 Å². The second kappa shape index (κ2) is 11.9. The third-order valence-electron chi connectivity index (χ3n) is 6.53. The van der Waals surface area contributed by atoms with Crippen molar-refractivity contribution in [3.8, 4) is 11.5 Å². The minimum absolute atomic E-state index is 0.00983. The second-order valence-corrected chi connectivity index (χ2v) is 9.24. The summed E-state index contributed by atoms with van der Waals surface area (Å²) in [5.41, 5.74) is 2.52. The Morgan fingerprint density at radius 3 is 2.58 bits per heavy atom. The molecule has 1 amide bonds. The minimum atomic E-state index is -0.880. The first-order chi connectivity index (χ1) is 18.3. The van der Waals surface area contributed by atoms with E-state index in [4.69, 9.17) is 20.0 Å². The molecule has 0 saturated carbocycles. The van der Waals surface area contributed by atoms with Gasteiger partial charge in [0.25, 0.3) is 5.91 Å². The van der Waals surface area contributed by atoms with Gasteiger partial charge in [0.15, 0.2) is 17.2 Å². The fraction of sp³-hybridized carbons (Fsp3) is 0.444. The van der Waals surface area contributed by atoms with Gasteiger partial charge in [0.1, 0.15) is 17.3 Å². The molecule has 0 bridgehead atoms. The van der Waals surface area contributed by atoms with E-state index >= 15 is 0 Å². The first-order valence-electron chi connectivity index (χ1n) is 12.8. The fourth-order valence-electron chi connectivity index (χ4n) is 4.64. The third kappa shape index (κ3) is 6.04. The first-order valence-corrected chi connectivity index (χ1v) is 12.8. The number of benzene rings is 1. The Morgan fingerprint density at radius 2 is 1.89 bits per heavy atom. The Kier molecular flexibility index (Phi) is 8.45. The van der Waals surface area contributed by atoms with E-state index in [1.54, 1.807) is 17.0 Å². The number of anilines is 1. The smallest absolute Gasteiger partial charge is 0.303 e. The van der Waals surface area contributed by atoms with Crippen LogP contribution in [-0.4, -0.2) is 78.4 Å². The van der Waals surface area contributed by atoms with E-state index < -0.39 is 11.9 Å². The van der Waals surface area contributed by atoms with Gasteiger partial charge in [0.2, 0.25) is 0 Å². The van der Waals surface area contributed by atoms with Crippen molar-refractivity contribution in [2.24, 2.45) is 0 Å². The number of ketones is 1. The van der Waals surface area contributed by atoms with E-state index in [0.717, 1.165) is 31.6 Å². The van der Waals surface area contributed by atoms with Gasteiger partial charge in [-0.3, -0.25) is 19.8 Å². The maximum atomic E-state index is 13.4. The molecule has 0 aliphatic carbocycles. The zero-order valence-electron chi connectivity index (χ0n) is 21.7. The number of amidine groups is 1. The molecule has 11 heteroatoms. The highest BCUT2D eigenvalue weighted by atomic mass is 16.5. The van der Waals surface area contributed by atoms with Crippen LogP contribution in [-0.2, 0) is 11.3 Å². The van der Waals surface area contributed by atoms with Crippen LogP contribution >= 0.6 is 0 Å². The number of carbonyl (C=O) groups excluding carboxylic acids is 2. The number of fused-ring (bicyclic) bond motifs is 1. The summed E-state index contributed by atoms with van der Waals surface area (Å²) in [6.45, 7) is 4.44. The van der Waals surface area contributed by atoms with E-state index in [1.165, 1.54) is 7.05 Å². The molecular weight excluding hydrogens is 490 g/mol. The summed E-state index contributed by atoms with van der Waals surface area (Å²) < 4.78 is 11.4. The van der Waals surface area contributed by atoms with Gasteiger partial charge in [-0.1, -0.05) is 0 Å². The largest absolute Gasteiger partial charge is 0.493 e. The van der Waals surface area contributed by atoms with Crippen LogP contribution in [0.4, 0.5) is 5.69 Å². The van der Waals surface area contributed by atoms with Crippen LogP contribution in [0.5, 0.6) is 11.5 Å². The summed E-state index contributed by atoms with van der Waals surface area (Å²) in [5, 5.41) is 20.1. The van der Waals surface area contributed by atoms with Crippen LogP contribution in [0, 0.1) is 5.41 Å². The van der Waals surface area contributed by atoms with Crippen LogP contribution in [0.3, 0.4) is 0 Å². The molecule has 38 heavy (non-hydrogen) atoms. The predicted octanol–water partition coefficient (Wildman–Crippen LogP) is 2.71. The van der Waals surface area contributed by atoms with E-state index in [2.05, 4.69) is 15.2 Å². The standard InChI is InChI=1S/C27H33N5O6/c1-3-37-22-13-18-15-32(26(28)24(18)30-25(22)27(36)29-2)16-21(33)17-11-19(31-8-4-5-9-31)14-20(12-17)38-10-6-7-23(34)35/h11-14,28H,3-10,15-16H2,1-2H3,(H,29,36)(H,34,35). The van der Waals surface area contributed by atoms with Gasteiger partial charge in [0, 0.05) is 56.0 Å². The molecule has 0 atom stereocenters. The van der Waals surface area contributed by atoms with Crippen LogP contribution in [0.25, 0.3) is 0 Å². The summed E-state index contributed by atoms with van der Waals surface area (Å²) in [7, 11) is 1.50. The van der Waals surface area contributed by atoms with Crippen LogP contribution in [0.1, 0.15) is 64.7 Å². The summed E-state index contributed by atoms with van der Waals surface area (Å²) in [4.78, 5) is 44.8. The lowest BCUT2D eigenvalue weighted by Crippen LogP contribution is -2.31. The Hall–Kier alpha value is -4.15. The summed E-state index contributed by atoms with van der Waals surface area (Å²) in [5.74, 6) is -0.545. The molecule has 202 valence electrons. The number of aliphatic carboxylic acids is 1. The molecule has 0 spiro atoms. The third-order valence-corrected chi connectivity index (χ3v) is 6.53. The number of Topliss-reactive ketones (excluding diaryl/α,β-unsaturated/α-hetero) is 1. The highest BCUT2D eigenvalue weighted by Gasteiger charge is 2.31. The van der Waals surface area contributed by atoms with Gasteiger partial charge in [-0.15, -0.1) is 0 Å². The number of pyridine rings is 1. The van der Waals surface area contributed by atoms with Crippen LogP contribution in [0.15, 0.2) is 24.3 Å². The average molecular weight is 524 g/mol. The van der Waals surface area contributed by atoms with Crippen LogP contribution < -0.4 is 19.7 Å². The van der Waals surface area contributed by atoms with Crippen LogP contribution in [0.2, 0.25) is 0 Å². The number of carboxylic acids is 1. The highest BCUT2D eigenvalue weighted by molar-refractivity contribution is 6.06. The monoisotopic (exact) mass is 523 g/mol. The highest BCUT2D eigenvalue weighted by Crippen LogP contribution is 2.30. The van der Waals surface area contributed by atoms with Gasteiger partial charge in [-0.05, 0) is 44.4 Å². The normalized spacial score (nSPS) is 14.4. The van der Waals surface area contributed by atoms with Gasteiger partial charge < -0.3 is 29.7 Å². The maximum absolute atomic E-state index is 13.4. The minimum Gasteiger partial charge on any atom is -0.493 e. The molecule has 4 rings (SSSR count). The molecule has 1 aromatic carbocycles. The molecule has 2 aromatic rings. The molecule has 1 fully saturated rings. The first kappa shape index (κ1) is 26.9. The number of rotatable bonds is 12.